The van der Waals surface area contributed by atoms with Gasteiger partial charge < -0.3 is 14.8 Å². The lowest BCUT2D eigenvalue weighted by molar-refractivity contribution is -0.118. The van der Waals surface area contributed by atoms with Gasteiger partial charge in [0.2, 0.25) is 0 Å². The minimum Gasteiger partial charge on any atom is -0.494 e. The predicted octanol–water partition coefficient (Wildman–Crippen LogP) is 5.14. The molecule has 0 unspecified atom stereocenters. The van der Waals surface area contributed by atoms with Crippen LogP contribution in [0.5, 0.6) is 11.5 Å². The van der Waals surface area contributed by atoms with Gasteiger partial charge in [0.05, 0.1) is 17.3 Å². The smallest absolute Gasteiger partial charge is 0.262 e. The molecule has 9 heteroatoms. The second kappa shape index (κ2) is 9.24. The first-order valence-electron chi connectivity index (χ1n) is 9.50. The molecular weight excluding hydrogens is 439 g/mol. The molecule has 4 aromatic rings. The van der Waals surface area contributed by atoms with Gasteiger partial charge in [-0.15, -0.1) is 10.2 Å². The zero-order chi connectivity index (χ0) is 21.8. The van der Waals surface area contributed by atoms with E-state index < -0.39 is 0 Å². The number of ether oxygens (including phenoxy) is 2. The number of fused-ring (bicyclic) bond motifs is 1. The Morgan fingerprint density at radius 1 is 0.968 bits per heavy atom. The summed E-state index contributed by atoms with van der Waals surface area (Å²) in [4.78, 5) is 13.8. The van der Waals surface area contributed by atoms with E-state index >= 15 is 0 Å². The van der Waals surface area contributed by atoms with E-state index in [-0.39, 0.29) is 12.5 Å². The minimum absolute atomic E-state index is 0.196. The molecule has 0 saturated carbocycles. The number of carbonyl (C=O) groups excluding carboxylic acids is 1. The van der Waals surface area contributed by atoms with Gasteiger partial charge in [-0.25, -0.2) is 0 Å². The summed E-state index contributed by atoms with van der Waals surface area (Å²) in [7, 11) is 0. The summed E-state index contributed by atoms with van der Waals surface area (Å²) in [5, 5.41) is 12.6. The molecule has 0 aliphatic rings. The van der Waals surface area contributed by atoms with Crippen LogP contribution in [0.3, 0.4) is 0 Å². The number of carbonyl (C=O) groups is 1. The third-order valence-electron chi connectivity index (χ3n) is 4.30. The largest absolute Gasteiger partial charge is 0.494 e. The summed E-state index contributed by atoms with van der Waals surface area (Å²) in [5.74, 6) is 0.842. The highest BCUT2D eigenvalue weighted by atomic mass is 35.5. The minimum atomic E-state index is -0.329. The lowest BCUT2D eigenvalue weighted by atomic mass is 10.3. The van der Waals surface area contributed by atoms with Crippen molar-refractivity contribution in [3.05, 3.63) is 70.7 Å². The van der Waals surface area contributed by atoms with E-state index in [9.17, 15) is 4.79 Å². The highest BCUT2D eigenvalue weighted by molar-refractivity contribution is 6.35. The molecule has 31 heavy (non-hydrogen) atoms. The molecule has 1 amide bonds. The van der Waals surface area contributed by atoms with Gasteiger partial charge >= 0.3 is 0 Å². The Bertz CT molecular complexity index is 1230. The number of rotatable bonds is 7. The Balaban J connectivity index is 1.43. The Labute approximate surface area is 188 Å². The van der Waals surface area contributed by atoms with Crippen molar-refractivity contribution >= 4 is 45.8 Å². The predicted molar refractivity (Wildman–Crippen MR) is 121 cm³/mol. The number of amides is 1. The fraction of sp³-hybridized carbons (Fsp3) is 0.136. The van der Waals surface area contributed by atoms with Crippen LogP contribution in [0.25, 0.3) is 16.7 Å². The van der Waals surface area contributed by atoms with Crippen molar-refractivity contribution in [2.45, 2.75) is 6.92 Å². The van der Waals surface area contributed by atoms with E-state index in [0.29, 0.717) is 39.1 Å². The standard InChI is InChI=1S/C22H18Cl2N4O3/c1-2-30-17-7-5-16(6-8-17)28-26-19-9-4-15(12-20(19)27-28)25-22(29)13-31-21-10-3-14(23)11-18(21)24/h3-12H,2,13H2,1H3,(H,25,29). The van der Waals surface area contributed by atoms with Crippen LogP contribution in [-0.2, 0) is 4.79 Å². The Kier molecular flexibility index (Phi) is 6.25. The summed E-state index contributed by atoms with van der Waals surface area (Å²) in [5.41, 5.74) is 2.74. The third kappa shape index (κ3) is 5.07. The van der Waals surface area contributed by atoms with Gasteiger partial charge in [0, 0.05) is 10.7 Å². The van der Waals surface area contributed by atoms with Crippen LogP contribution in [0.2, 0.25) is 10.0 Å². The highest BCUT2D eigenvalue weighted by Gasteiger charge is 2.10. The number of nitrogens with one attached hydrogen (secondary N) is 1. The van der Waals surface area contributed by atoms with Crippen LogP contribution in [0.4, 0.5) is 5.69 Å². The number of anilines is 1. The summed E-state index contributed by atoms with van der Waals surface area (Å²) in [6, 6.07) is 17.6. The Morgan fingerprint density at radius 2 is 1.74 bits per heavy atom. The van der Waals surface area contributed by atoms with E-state index in [1.54, 1.807) is 36.4 Å². The van der Waals surface area contributed by atoms with Gasteiger partial charge in [-0.05, 0) is 67.6 Å². The molecule has 0 aliphatic heterocycles. The molecule has 1 aromatic heterocycles. The monoisotopic (exact) mass is 456 g/mol. The van der Waals surface area contributed by atoms with E-state index in [0.717, 1.165) is 11.4 Å². The molecule has 0 saturated heterocycles. The number of aromatic nitrogens is 3. The molecule has 0 spiro atoms. The first-order valence-corrected chi connectivity index (χ1v) is 10.3. The lowest BCUT2D eigenvalue weighted by Crippen LogP contribution is -2.20. The van der Waals surface area contributed by atoms with E-state index in [1.165, 1.54) is 4.80 Å². The number of nitrogens with zero attached hydrogens (tertiary/aromatic N) is 3. The molecule has 7 nitrogen and oxygen atoms in total. The molecule has 158 valence electrons. The first kappa shape index (κ1) is 21.0. The topological polar surface area (TPSA) is 78.3 Å². The zero-order valence-electron chi connectivity index (χ0n) is 16.5. The molecule has 0 radical (unpaired) electrons. The molecule has 0 atom stereocenters. The average Bonchev–Trinajstić information content (AvgIpc) is 3.17. The van der Waals surface area contributed by atoms with Crippen LogP contribution in [0.15, 0.2) is 60.7 Å². The molecule has 0 fully saturated rings. The van der Waals surface area contributed by atoms with E-state index in [4.69, 9.17) is 32.7 Å². The first-order chi connectivity index (χ1) is 15.0. The lowest BCUT2D eigenvalue weighted by Gasteiger charge is -2.09. The van der Waals surface area contributed by atoms with Crippen molar-refractivity contribution in [2.24, 2.45) is 0 Å². The van der Waals surface area contributed by atoms with Crippen LogP contribution < -0.4 is 14.8 Å². The fourth-order valence-corrected chi connectivity index (χ4v) is 3.35. The third-order valence-corrected chi connectivity index (χ3v) is 4.83. The molecule has 4 rings (SSSR count). The van der Waals surface area contributed by atoms with Gasteiger partial charge in [-0.2, -0.15) is 4.80 Å². The molecule has 0 aliphatic carbocycles. The van der Waals surface area contributed by atoms with Gasteiger partial charge in [-0.3, -0.25) is 4.79 Å². The summed E-state index contributed by atoms with van der Waals surface area (Å²) in [6.45, 7) is 2.35. The summed E-state index contributed by atoms with van der Waals surface area (Å²) in [6.07, 6.45) is 0. The normalized spacial score (nSPS) is 10.8. The molecule has 1 N–H and O–H groups in total. The van der Waals surface area contributed by atoms with Crippen molar-refractivity contribution in [3.63, 3.8) is 0 Å². The molecule has 3 aromatic carbocycles. The number of hydrogen-bond acceptors (Lipinski definition) is 5. The van der Waals surface area contributed by atoms with Gasteiger partial charge in [0.15, 0.2) is 6.61 Å². The number of benzene rings is 3. The maximum atomic E-state index is 12.3. The SMILES string of the molecule is CCOc1ccc(-n2nc3ccc(NC(=O)COc4ccc(Cl)cc4Cl)cc3n2)cc1. The van der Waals surface area contributed by atoms with E-state index in [1.807, 2.05) is 31.2 Å². The van der Waals surface area contributed by atoms with Crippen molar-refractivity contribution in [3.8, 4) is 17.2 Å². The van der Waals surface area contributed by atoms with Crippen molar-refractivity contribution in [1.29, 1.82) is 0 Å². The second-order valence-corrected chi connectivity index (χ2v) is 7.38. The van der Waals surface area contributed by atoms with Gasteiger partial charge in [0.25, 0.3) is 5.91 Å². The molecular formula is C22H18Cl2N4O3. The van der Waals surface area contributed by atoms with E-state index in [2.05, 4.69) is 15.5 Å². The Hall–Kier alpha value is -3.29. The summed E-state index contributed by atoms with van der Waals surface area (Å²) >= 11 is 11.9. The van der Waals surface area contributed by atoms with Gasteiger partial charge in [-0.1, -0.05) is 23.2 Å². The molecule has 1 heterocycles. The van der Waals surface area contributed by atoms with Crippen LogP contribution >= 0.6 is 23.2 Å². The average molecular weight is 457 g/mol. The van der Waals surface area contributed by atoms with Crippen molar-refractivity contribution in [1.82, 2.24) is 15.0 Å². The van der Waals surface area contributed by atoms with Gasteiger partial charge in [0.1, 0.15) is 22.5 Å². The molecule has 0 bridgehead atoms. The quantitative estimate of drug-likeness (QED) is 0.416. The zero-order valence-corrected chi connectivity index (χ0v) is 18.0. The maximum absolute atomic E-state index is 12.3. The fourth-order valence-electron chi connectivity index (χ4n) is 2.88. The van der Waals surface area contributed by atoms with Crippen LogP contribution in [0, 0.1) is 0 Å². The highest BCUT2D eigenvalue weighted by Crippen LogP contribution is 2.27. The number of halogens is 2. The van der Waals surface area contributed by atoms with Crippen LogP contribution in [-0.4, -0.2) is 34.1 Å². The second-order valence-electron chi connectivity index (χ2n) is 6.53. The van der Waals surface area contributed by atoms with Crippen molar-refractivity contribution < 1.29 is 14.3 Å². The van der Waals surface area contributed by atoms with Crippen LogP contribution in [0.1, 0.15) is 6.92 Å². The van der Waals surface area contributed by atoms with Crippen molar-refractivity contribution in [2.75, 3.05) is 18.5 Å². The number of hydrogen-bond donors (Lipinski definition) is 1. The Morgan fingerprint density at radius 3 is 2.48 bits per heavy atom. The maximum Gasteiger partial charge on any atom is 0.262 e. The summed E-state index contributed by atoms with van der Waals surface area (Å²) < 4.78 is 10.9.